The number of aryl methyl sites for hydroxylation is 2. The highest BCUT2D eigenvalue weighted by molar-refractivity contribution is 7.09. The number of nitriles is 3. The van der Waals surface area contributed by atoms with Gasteiger partial charge in [-0.15, -0.1) is 17.9 Å². The van der Waals surface area contributed by atoms with E-state index in [0.29, 0.717) is 5.46 Å². The summed E-state index contributed by atoms with van der Waals surface area (Å²) in [5.41, 5.74) is 0.481. The van der Waals surface area contributed by atoms with Gasteiger partial charge in [-0.1, -0.05) is 30.3 Å². The molecular weight excluding hydrogens is 261 g/mol. The van der Waals surface area contributed by atoms with Crippen LogP contribution >= 0.6 is 0 Å². The molecule has 0 radical (unpaired) electrons. The summed E-state index contributed by atoms with van der Waals surface area (Å²) >= 11 is 0. The van der Waals surface area contributed by atoms with Crippen molar-refractivity contribution in [2.75, 3.05) is 0 Å². The summed E-state index contributed by atoms with van der Waals surface area (Å²) in [7, 11) is 2.02. The molecule has 2 rings (SSSR count). The molecule has 0 spiro atoms. The maximum Gasteiger partial charge on any atom is 0.322 e. The normalized spacial score (nSPS) is 9.48. The lowest BCUT2D eigenvalue weighted by Gasteiger charge is -2.15. The van der Waals surface area contributed by atoms with Crippen LogP contribution in [0.5, 0.6) is 0 Å². The number of benzene rings is 1. The maximum atomic E-state index is 8.76. The molecule has 0 atom stereocenters. The first-order chi connectivity index (χ1) is 10.1. The first-order valence-electron chi connectivity index (χ1n) is 6.57. The van der Waals surface area contributed by atoms with Crippen molar-refractivity contribution in [3.63, 3.8) is 0 Å². The molecule has 0 saturated carbocycles. The van der Waals surface area contributed by atoms with Crippen LogP contribution < -0.4 is 10.0 Å². The minimum atomic E-state index is -2.35. The molecule has 1 aromatic heterocycles. The summed E-state index contributed by atoms with van der Waals surface area (Å²) in [5.74, 6) is 5.31. The zero-order valence-electron chi connectivity index (χ0n) is 12.1. The lowest BCUT2D eigenvalue weighted by atomic mass is 9.25. The van der Waals surface area contributed by atoms with Gasteiger partial charge in [-0.05, 0) is 6.92 Å². The van der Waals surface area contributed by atoms with Crippen LogP contribution in [0.3, 0.4) is 0 Å². The molecule has 0 amide bonds. The molecule has 2 aromatic rings. The molecule has 1 heterocycles. The Bertz CT molecular complexity index is 664. The average Bonchev–Trinajstić information content (AvgIpc) is 2.97. The number of hydrogen-bond donors (Lipinski definition) is 0. The highest BCUT2D eigenvalue weighted by Gasteiger charge is 2.25. The monoisotopic (exact) mass is 277 g/mol. The summed E-state index contributed by atoms with van der Waals surface area (Å²) in [5, 5.41) is 26.3. The quantitative estimate of drug-likeness (QED) is 0.603. The molecule has 0 saturated heterocycles. The Morgan fingerprint density at radius 1 is 1.10 bits per heavy atom. The molecule has 0 bridgehead atoms. The van der Waals surface area contributed by atoms with Crippen molar-refractivity contribution in [1.29, 1.82) is 15.8 Å². The van der Waals surface area contributed by atoms with Gasteiger partial charge in [-0.25, -0.2) is 24.9 Å². The predicted octanol–water partition coefficient (Wildman–Crippen LogP) is 0.863. The Hall–Kier alpha value is -3.04. The van der Waals surface area contributed by atoms with Crippen molar-refractivity contribution in [3.05, 3.63) is 49.1 Å². The molecule has 5 nitrogen and oxygen atoms in total. The predicted molar refractivity (Wildman–Crippen MR) is 80.0 cm³/mol. The van der Waals surface area contributed by atoms with E-state index in [-0.39, 0.29) is 0 Å². The van der Waals surface area contributed by atoms with Gasteiger partial charge in [0.25, 0.3) is 0 Å². The first kappa shape index (κ1) is 16.0. The molecule has 104 valence electrons. The van der Waals surface area contributed by atoms with E-state index < -0.39 is 6.15 Å². The van der Waals surface area contributed by atoms with Gasteiger partial charge in [0.05, 0.1) is 13.6 Å². The Morgan fingerprint density at radius 2 is 1.67 bits per heavy atom. The molecule has 21 heavy (non-hydrogen) atoms. The second-order valence-electron chi connectivity index (χ2n) is 4.57. The molecule has 0 aliphatic heterocycles. The number of hydrogen-bond acceptors (Lipinski definition) is 3. The minimum absolute atomic E-state index is 0.481. The van der Waals surface area contributed by atoms with E-state index in [0.717, 1.165) is 6.54 Å². The lowest BCUT2D eigenvalue weighted by molar-refractivity contribution is -0.693. The fourth-order valence-corrected chi connectivity index (χ4v) is 1.74. The summed E-state index contributed by atoms with van der Waals surface area (Å²) < 4.78 is 4.16. The fraction of sp³-hybridized carbons (Fsp3) is 0.200. The zero-order chi connectivity index (χ0) is 15.7. The maximum absolute atomic E-state index is 8.76. The third-order valence-corrected chi connectivity index (χ3v) is 3.07. The van der Waals surface area contributed by atoms with Crippen LogP contribution in [-0.4, -0.2) is 10.7 Å². The van der Waals surface area contributed by atoms with Crippen LogP contribution in [0, 0.1) is 33.7 Å². The molecule has 0 N–H and O–H groups in total. The summed E-state index contributed by atoms with van der Waals surface area (Å²) in [4.78, 5) is 0. The topological polar surface area (TPSA) is 80.2 Å². The third-order valence-electron chi connectivity index (χ3n) is 3.07. The van der Waals surface area contributed by atoms with Gasteiger partial charge in [0.1, 0.15) is 12.4 Å². The van der Waals surface area contributed by atoms with Crippen molar-refractivity contribution >= 4 is 11.6 Å². The standard InChI is InChI=1S/C9H5BN3.C6H11N2/c11-6-10(7-12,8-13)9-4-2-1-3-5-9;1-3-8-5-4-7(2)6-8/h1-5H;4-6H,3H2,1-2H3/q-1;+1. The minimum Gasteiger partial charge on any atom is -0.246 e. The van der Waals surface area contributed by atoms with Crippen molar-refractivity contribution in [3.8, 4) is 17.9 Å². The molecular formula is C15H16BN5. The molecule has 1 aromatic carbocycles. The van der Waals surface area contributed by atoms with Gasteiger partial charge in [0, 0.05) is 0 Å². The van der Waals surface area contributed by atoms with Crippen molar-refractivity contribution in [2.45, 2.75) is 13.5 Å². The lowest BCUT2D eigenvalue weighted by Crippen LogP contribution is -2.44. The van der Waals surface area contributed by atoms with E-state index in [2.05, 4.69) is 24.0 Å². The Labute approximate surface area is 124 Å². The van der Waals surface area contributed by atoms with Crippen LogP contribution in [0.1, 0.15) is 6.92 Å². The van der Waals surface area contributed by atoms with Crippen molar-refractivity contribution < 1.29 is 4.57 Å². The average molecular weight is 277 g/mol. The van der Waals surface area contributed by atoms with Gasteiger partial charge in [0.2, 0.25) is 6.33 Å². The molecule has 0 unspecified atom stereocenters. The first-order valence-corrected chi connectivity index (χ1v) is 6.57. The third kappa shape index (κ3) is 3.96. The summed E-state index contributed by atoms with van der Waals surface area (Å²) in [6.45, 7) is 3.18. The second-order valence-corrected chi connectivity index (χ2v) is 4.57. The van der Waals surface area contributed by atoms with Crippen LogP contribution in [0.25, 0.3) is 0 Å². The smallest absolute Gasteiger partial charge is 0.246 e. The number of aromatic nitrogens is 2. The van der Waals surface area contributed by atoms with E-state index in [1.165, 1.54) is 0 Å². The molecule has 6 heteroatoms. The summed E-state index contributed by atoms with van der Waals surface area (Å²) in [6, 6.07) is 8.43. The molecule has 0 aliphatic carbocycles. The van der Waals surface area contributed by atoms with E-state index in [9.17, 15) is 0 Å². The Balaban J connectivity index is 0.000000235. The van der Waals surface area contributed by atoms with Gasteiger partial charge >= 0.3 is 6.15 Å². The van der Waals surface area contributed by atoms with E-state index in [4.69, 9.17) is 15.8 Å². The highest BCUT2D eigenvalue weighted by Crippen LogP contribution is 1.99. The van der Waals surface area contributed by atoms with Crippen LogP contribution in [0.4, 0.5) is 0 Å². The molecule has 0 fully saturated rings. The van der Waals surface area contributed by atoms with Crippen LogP contribution in [-0.2, 0) is 13.6 Å². The number of nitrogens with zero attached hydrogens (tertiary/aromatic N) is 5. The van der Waals surface area contributed by atoms with Crippen LogP contribution in [0.2, 0.25) is 0 Å². The summed E-state index contributed by atoms with van der Waals surface area (Å²) in [6.07, 6.45) is 3.80. The van der Waals surface area contributed by atoms with Gasteiger partial charge in [0.15, 0.2) is 0 Å². The fourth-order valence-electron chi connectivity index (χ4n) is 1.74. The Morgan fingerprint density at radius 3 is 2.00 bits per heavy atom. The highest BCUT2D eigenvalue weighted by atomic mass is 15.1. The van der Waals surface area contributed by atoms with E-state index in [1.54, 1.807) is 48.2 Å². The SMILES string of the molecule is CC[n+]1ccn(C)c1.N#C[B-](C#N)(C#N)c1ccccc1. The van der Waals surface area contributed by atoms with Crippen molar-refractivity contribution in [1.82, 2.24) is 4.57 Å². The van der Waals surface area contributed by atoms with Crippen LogP contribution in [0.15, 0.2) is 49.1 Å². The van der Waals surface area contributed by atoms with Crippen molar-refractivity contribution in [2.24, 2.45) is 7.05 Å². The number of rotatable bonds is 2. The molecule has 0 aliphatic rings. The second kappa shape index (κ2) is 7.53. The van der Waals surface area contributed by atoms with Gasteiger partial charge < -0.3 is 0 Å². The van der Waals surface area contributed by atoms with E-state index in [1.807, 2.05) is 17.8 Å². The van der Waals surface area contributed by atoms with E-state index >= 15 is 0 Å². The Kier molecular flexibility index (Phi) is 5.74. The zero-order valence-corrected chi connectivity index (χ0v) is 12.1. The van der Waals surface area contributed by atoms with Gasteiger partial charge in [-0.2, -0.15) is 5.46 Å². The largest absolute Gasteiger partial charge is 0.322 e. The van der Waals surface area contributed by atoms with Gasteiger partial charge in [-0.3, -0.25) is 0 Å². The number of imidazole rings is 1.